The van der Waals surface area contributed by atoms with Crippen LogP contribution < -0.4 is 11.1 Å². The van der Waals surface area contributed by atoms with Gasteiger partial charge in [0.1, 0.15) is 0 Å². The van der Waals surface area contributed by atoms with Crippen LogP contribution in [0.3, 0.4) is 0 Å². The molecule has 0 radical (unpaired) electrons. The van der Waals surface area contributed by atoms with Crippen LogP contribution in [0.15, 0.2) is 0 Å². The SMILES string of the molecule is CC1CCC(CN)(C(=O)N[C@H](C(=O)O)[C@@H](C)O)CC1. The van der Waals surface area contributed by atoms with Crippen LogP contribution in [0.25, 0.3) is 0 Å². The van der Waals surface area contributed by atoms with Crippen molar-refractivity contribution in [2.45, 2.75) is 51.7 Å². The van der Waals surface area contributed by atoms with Gasteiger partial charge in [0.15, 0.2) is 6.04 Å². The first-order chi connectivity index (χ1) is 8.82. The molecule has 0 aromatic carbocycles. The number of rotatable bonds is 5. The molecule has 0 spiro atoms. The fourth-order valence-electron chi connectivity index (χ4n) is 2.52. The highest BCUT2D eigenvalue weighted by Crippen LogP contribution is 2.38. The number of carboxylic acids is 1. The number of nitrogens with two attached hydrogens (primary N) is 1. The van der Waals surface area contributed by atoms with Crippen LogP contribution in [0.4, 0.5) is 0 Å². The maximum atomic E-state index is 12.3. The average molecular weight is 272 g/mol. The zero-order valence-electron chi connectivity index (χ0n) is 11.6. The quantitative estimate of drug-likeness (QED) is 0.566. The summed E-state index contributed by atoms with van der Waals surface area (Å²) in [4.78, 5) is 23.3. The Morgan fingerprint density at radius 3 is 2.32 bits per heavy atom. The Balaban J connectivity index is 2.76. The molecule has 2 atom stereocenters. The summed E-state index contributed by atoms with van der Waals surface area (Å²) in [5.41, 5.74) is 5.06. The maximum Gasteiger partial charge on any atom is 0.328 e. The van der Waals surface area contributed by atoms with Crippen molar-refractivity contribution in [3.8, 4) is 0 Å². The van der Waals surface area contributed by atoms with Gasteiger partial charge in [0.25, 0.3) is 0 Å². The van der Waals surface area contributed by atoms with Crippen LogP contribution >= 0.6 is 0 Å². The van der Waals surface area contributed by atoms with E-state index < -0.39 is 23.5 Å². The van der Waals surface area contributed by atoms with Gasteiger partial charge in [-0.05, 0) is 38.5 Å². The van der Waals surface area contributed by atoms with E-state index in [1.165, 1.54) is 6.92 Å². The van der Waals surface area contributed by atoms with E-state index in [1.807, 2.05) is 0 Å². The largest absolute Gasteiger partial charge is 0.480 e. The molecule has 19 heavy (non-hydrogen) atoms. The normalized spacial score (nSPS) is 30.4. The Bertz CT molecular complexity index is 336. The number of hydrogen-bond acceptors (Lipinski definition) is 4. The number of aliphatic hydroxyl groups excluding tert-OH is 1. The van der Waals surface area contributed by atoms with Crippen molar-refractivity contribution in [2.24, 2.45) is 17.1 Å². The molecular formula is C13H24N2O4. The summed E-state index contributed by atoms with van der Waals surface area (Å²) in [6.07, 6.45) is 2.03. The lowest BCUT2D eigenvalue weighted by Crippen LogP contribution is -2.55. The van der Waals surface area contributed by atoms with Crippen LogP contribution in [0.2, 0.25) is 0 Å². The molecule has 1 saturated carbocycles. The third-order valence-corrected chi connectivity index (χ3v) is 4.14. The van der Waals surface area contributed by atoms with Crippen molar-refractivity contribution in [2.75, 3.05) is 6.54 Å². The van der Waals surface area contributed by atoms with Crippen molar-refractivity contribution in [3.63, 3.8) is 0 Å². The highest BCUT2D eigenvalue weighted by atomic mass is 16.4. The van der Waals surface area contributed by atoms with Crippen LogP contribution in [0.1, 0.15) is 39.5 Å². The number of carbonyl (C=O) groups is 2. The van der Waals surface area contributed by atoms with Gasteiger partial charge in [0.05, 0.1) is 11.5 Å². The molecule has 6 nitrogen and oxygen atoms in total. The van der Waals surface area contributed by atoms with Gasteiger partial charge in [-0.15, -0.1) is 0 Å². The Morgan fingerprint density at radius 2 is 1.95 bits per heavy atom. The van der Waals surface area contributed by atoms with E-state index in [4.69, 9.17) is 10.8 Å². The third-order valence-electron chi connectivity index (χ3n) is 4.14. The van der Waals surface area contributed by atoms with Gasteiger partial charge in [-0.3, -0.25) is 4.79 Å². The van der Waals surface area contributed by atoms with E-state index in [2.05, 4.69) is 12.2 Å². The zero-order chi connectivity index (χ0) is 14.6. The summed E-state index contributed by atoms with van der Waals surface area (Å²) in [7, 11) is 0. The number of aliphatic carboxylic acids is 1. The molecule has 6 heteroatoms. The van der Waals surface area contributed by atoms with Crippen LogP contribution in [0.5, 0.6) is 0 Å². The molecule has 110 valence electrons. The van der Waals surface area contributed by atoms with E-state index in [1.54, 1.807) is 0 Å². The zero-order valence-corrected chi connectivity index (χ0v) is 11.6. The Morgan fingerprint density at radius 1 is 1.42 bits per heavy atom. The smallest absolute Gasteiger partial charge is 0.328 e. The standard InChI is InChI=1S/C13H24N2O4/c1-8-3-5-13(7-14,6-4-8)12(19)15-10(9(2)16)11(17)18/h8-10,16H,3-7,14H2,1-2H3,(H,15,19)(H,17,18)/t8?,9-,10+,13?/m1/s1. The predicted molar refractivity (Wildman–Crippen MR) is 70.4 cm³/mol. The first kappa shape index (κ1) is 15.9. The number of carbonyl (C=O) groups excluding carboxylic acids is 1. The fourth-order valence-corrected chi connectivity index (χ4v) is 2.52. The van der Waals surface area contributed by atoms with E-state index in [9.17, 15) is 14.7 Å². The van der Waals surface area contributed by atoms with Crippen LogP contribution in [-0.2, 0) is 9.59 Å². The molecule has 1 fully saturated rings. The molecule has 1 aliphatic rings. The highest BCUT2D eigenvalue weighted by molar-refractivity contribution is 5.88. The monoisotopic (exact) mass is 272 g/mol. The summed E-state index contributed by atoms with van der Waals surface area (Å²) in [6, 6.07) is -1.28. The molecule has 0 heterocycles. The van der Waals surface area contributed by atoms with Gasteiger partial charge < -0.3 is 21.3 Å². The van der Waals surface area contributed by atoms with Crippen molar-refractivity contribution in [1.29, 1.82) is 0 Å². The summed E-state index contributed by atoms with van der Waals surface area (Å²) in [5, 5.41) is 20.8. The van der Waals surface area contributed by atoms with Gasteiger partial charge in [-0.1, -0.05) is 6.92 Å². The predicted octanol–water partition coefficient (Wildman–Crippen LogP) is 0.0918. The first-order valence-electron chi connectivity index (χ1n) is 6.74. The second-order valence-electron chi connectivity index (χ2n) is 5.70. The van der Waals surface area contributed by atoms with Crippen LogP contribution in [-0.4, -0.2) is 40.8 Å². The molecule has 0 aromatic rings. The number of aliphatic hydroxyl groups is 1. The summed E-state index contributed by atoms with van der Waals surface area (Å²) in [6.45, 7) is 3.68. The molecular weight excluding hydrogens is 248 g/mol. The van der Waals surface area contributed by atoms with E-state index >= 15 is 0 Å². The lowest BCUT2D eigenvalue weighted by Gasteiger charge is -2.38. The van der Waals surface area contributed by atoms with Gasteiger partial charge in [-0.2, -0.15) is 0 Å². The number of hydrogen-bond donors (Lipinski definition) is 4. The fraction of sp³-hybridized carbons (Fsp3) is 0.846. The lowest BCUT2D eigenvalue weighted by molar-refractivity contribution is -0.147. The molecule has 0 unspecified atom stereocenters. The second-order valence-corrected chi connectivity index (χ2v) is 5.70. The van der Waals surface area contributed by atoms with Gasteiger partial charge in [0.2, 0.25) is 5.91 Å². The van der Waals surface area contributed by atoms with Gasteiger partial charge >= 0.3 is 5.97 Å². The van der Waals surface area contributed by atoms with Crippen molar-refractivity contribution in [1.82, 2.24) is 5.32 Å². The Hall–Kier alpha value is -1.14. The molecule has 1 aliphatic carbocycles. The number of nitrogens with one attached hydrogen (secondary N) is 1. The molecule has 1 rings (SSSR count). The van der Waals surface area contributed by atoms with E-state index in [0.717, 1.165) is 12.8 Å². The molecule has 0 aromatic heterocycles. The lowest BCUT2D eigenvalue weighted by atomic mass is 9.70. The molecule has 0 bridgehead atoms. The van der Waals surface area contributed by atoms with Crippen molar-refractivity contribution < 1.29 is 19.8 Å². The highest BCUT2D eigenvalue weighted by Gasteiger charge is 2.41. The Labute approximate surface area is 113 Å². The van der Waals surface area contributed by atoms with Crippen LogP contribution in [0, 0.1) is 11.3 Å². The van der Waals surface area contributed by atoms with Crippen molar-refractivity contribution in [3.05, 3.63) is 0 Å². The minimum Gasteiger partial charge on any atom is -0.480 e. The minimum absolute atomic E-state index is 0.206. The molecule has 0 saturated heterocycles. The first-order valence-corrected chi connectivity index (χ1v) is 6.74. The second kappa shape index (κ2) is 6.34. The summed E-state index contributed by atoms with van der Waals surface area (Å²) >= 11 is 0. The van der Waals surface area contributed by atoms with Gasteiger partial charge in [-0.25, -0.2) is 4.79 Å². The number of carboxylic acid groups (broad SMARTS) is 1. The topological polar surface area (TPSA) is 113 Å². The summed E-state index contributed by atoms with van der Waals surface area (Å²) < 4.78 is 0. The molecule has 1 amide bonds. The molecule has 0 aliphatic heterocycles. The average Bonchev–Trinajstić information content (AvgIpc) is 2.36. The van der Waals surface area contributed by atoms with Gasteiger partial charge in [0, 0.05) is 6.54 Å². The third kappa shape index (κ3) is 3.67. The number of amides is 1. The van der Waals surface area contributed by atoms with E-state index in [0.29, 0.717) is 18.8 Å². The van der Waals surface area contributed by atoms with E-state index in [-0.39, 0.29) is 12.5 Å². The van der Waals surface area contributed by atoms with Crippen molar-refractivity contribution >= 4 is 11.9 Å². The minimum atomic E-state index is -1.28. The summed E-state index contributed by atoms with van der Waals surface area (Å²) in [5.74, 6) is -1.02. The molecule has 5 N–H and O–H groups in total. The Kier molecular flexibility index (Phi) is 5.31. The maximum absolute atomic E-state index is 12.3.